The van der Waals surface area contributed by atoms with Crippen molar-refractivity contribution in [3.05, 3.63) is 101 Å². The van der Waals surface area contributed by atoms with Gasteiger partial charge in [0, 0.05) is 29.6 Å². The Morgan fingerprint density at radius 2 is 1.71 bits per heavy atom. The Morgan fingerprint density at radius 3 is 2.38 bits per heavy atom. The van der Waals surface area contributed by atoms with Crippen molar-refractivity contribution in [1.29, 1.82) is 0 Å². The van der Waals surface area contributed by atoms with Crippen LogP contribution in [0.2, 0.25) is 5.02 Å². The Kier molecular flexibility index (Phi) is 9.05. The summed E-state index contributed by atoms with van der Waals surface area (Å²) in [6, 6.07) is 21.4. The number of halogens is 2. The maximum Gasteiger partial charge on any atom is 0.261 e. The number of benzene rings is 3. The highest BCUT2D eigenvalue weighted by Crippen LogP contribution is 2.19. The minimum Gasteiger partial charge on any atom is -0.484 e. The van der Waals surface area contributed by atoms with Gasteiger partial charge in [-0.25, -0.2) is 4.39 Å². The van der Waals surface area contributed by atoms with Crippen molar-refractivity contribution in [1.82, 2.24) is 10.2 Å². The van der Waals surface area contributed by atoms with Gasteiger partial charge in [0.15, 0.2) is 6.61 Å². The van der Waals surface area contributed by atoms with Gasteiger partial charge in [-0.3, -0.25) is 9.59 Å². The van der Waals surface area contributed by atoms with E-state index in [1.54, 1.807) is 42.5 Å². The van der Waals surface area contributed by atoms with Crippen LogP contribution in [0.3, 0.4) is 0 Å². The van der Waals surface area contributed by atoms with Crippen molar-refractivity contribution < 1.29 is 18.7 Å². The molecule has 5 nitrogen and oxygen atoms in total. The number of nitrogens with one attached hydrogen (secondary N) is 1. The van der Waals surface area contributed by atoms with Crippen molar-refractivity contribution >= 4 is 23.4 Å². The Hall–Kier alpha value is -3.38. The molecule has 0 saturated heterocycles. The van der Waals surface area contributed by atoms with Gasteiger partial charge in [-0.1, -0.05) is 66.2 Å². The lowest BCUT2D eigenvalue weighted by molar-refractivity contribution is -0.143. The minimum atomic E-state index is -0.861. The molecule has 3 aromatic rings. The molecule has 0 aromatic heterocycles. The molecule has 2 amide bonds. The average molecular weight is 483 g/mol. The molecule has 0 spiro atoms. The van der Waals surface area contributed by atoms with Crippen LogP contribution in [0.1, 0.15) is 25.0 Å². The SMILES string of the molecule is CC(C)NC(=O)C(Cc1ccccc1)N(Cc1ccccc1F)C(=O)COc1cccc(Cl)c1. The van der Waals surface area contributed by atoms with Gasteiger partial charge in [0.25, 0.3) is 5.91 Å². The first-order chi connectivity index (χ1) is 16.3. The predicted molar refractivity (Wildman–Crippen MR) is 131 cm³/mol. The molecular formula is C27H28ClFN2O3. The number of nitrogens with zero attached hydrogens (tertiary/aromatic N) is 1. The van der Waals surface area contributed by atoms with E-state index in [0.29, 0.717) is 16.3 Å². The molecule has 0 aliphatic carbocycles. The molecule has 0 saturated carbocycles. The first-order valence-corrected chi connectivity index (χ1v) is 11.5. The number of carbonyl (C=O) groups excluding carboxylic acids is 2. The number of hydrogen-bond donors (Lipinski definition) is 1. The molecule has 0 aliphatic heterocycles. The second kappa shape index (κ2) is 12.2. The zero-order chi connectivity index (χ0) is 24.5. The van der Waals surface area contributed by atoms with E-state index in [4.69, 9.17) is 16.3 Å². The van der Waals surface area contributed by atoms with E-state index < -0.39 is 17.8 Å². The van der Waals surface area contributed by atoms with Crippen LogP contribution in [0.4, 0.5) is 4.39 Å². The molecule has 1 unspecified atom stereocenters. The normalized spacial score (nSPS) is 11.7. The summed E-state index contributed by atoms with van der Waals surface area (Å²) in [5.41, 5.74) is 1.20. The van der Waals surface area contributed by atoms with Gasteiger partial charge < -0.3 is 15.0 Å². The molecule has 1 atom stereocenters. The van der Waals surface area contributed by atoms with E-state index in [9.17, 15) is 14.0 Å². The molecule has 0 radical (unpaired) electrons. The second-order valence-electron chi connectivity index (χ2n) is 8.23. The summed E-state index contributed by atoms with van der Waals surface area (Å²) >= 11 is 6.01. The molecule has 0 heterocycles. The van der Waals surface area contributed by atoms with Gasteiger partial charge in [0.2, 0.25) is 5.91 Å². The molecule has 34 heavy (non-hydrogen) atoms. The number of amides is 2. The molecule has 178 valence electrons. The largest absolute Gasteiger partial charge is 0.484 e. The zero-order valence-electron chi connectivity index (χ0n) is 19.2. The highest BCUT2D eigenvalue weighted by Gasteiger charge is 2.31. The monoisotopic (exact) mass is 482 g/mol. The van der Waals surface area contributed by atoms with E-state index in [-0.39, 0.29) is 31.5 Å². The lowest BCUT2D eigenvalue weighted by atomic mass is 10.0. The standard InChI is InChI=1S/C27H28ClFN2O3/c1-19(2)30-27(33)25(15-20-9-4-3-5-10-20)31(17-21-11-6-7-14-24(21)29)26(32)18-34-23-13-8-12-22(28)16-23/h3-14,16,19,25H,15,17-18H2,1-2H3,(H,30,33). The number of carbonyl (C=O) groups is 2. The molecule has 0 fully saturated rings. The molecule has 1 N–H and O–H groups in total. The van der Waals surface area contributed by atoms with Gasteiger partial charge in [0.1, 0.15) is 17.6 Å². The maximum atomic E-state index is 14.5. The molecular weight excluding hydrogens is 455 g/mol. The van der Waals surface area contributed by atoms with Gasteiger partial charge in [-0.2, -0.15) is 0 Å². The fourth-order valence-corrected chi connectivity index (χ4v) is 3.71. The third kappa shape index (κ3) is 7.32. The summed E-state index contributed by atoms with van der Waals surface area (Å²) in [7, 11) is 0. The van der Waals surface area contributed by atoms with Crippen LogP contribution in [0.15, 0.2) is 78.9 Å². The van der Waals surface area contributed by atoms with E-state index >= 15 is 0 Å². The number of ether oxygens (including phenoxy) is 1. The second-order valence-corrected chi connectivity index (χ2v) is 8.66. The Labute approximate surface area is 204 Å². The Bertz CT molecular complexity index is 1110. The first kappa shape index (κ1) is 25.2. The predicted octanol–water partition coefficient (Wildman–Crippen LogP) is 5.02. The minimum absolute atomic E-state index is 0.0760. The summed E-state index contributed by atoms with van der Waals surface area (Å²) in [4.78, 5) is 28.0. The number of rotatable bonds is 10. The van der Waals surface area contributed by atoms with Gasteiger partial charge in [0.05, 0.1) is 0 Å². The van der Waals surface area contributed by atoms with Crippen molar-refractivity contribution in [2.75, 3.05) is 6.61 Å². The van der Waals surface area contributed by atoms with Crippen LogP contribution < -0.4 is 10.1 Å². The van der Waals surface area contributed by atoms with Gasteiger partial charge in [-0.05, 0) is 43.7 Å². The Balaban J connectivity index is 1.92. The van der Waals surface area contributed by atoms with Crippen LogP contribution >= 0.6 is 11.6 Å². The van der Waals surface area contributed by atoms with Crippen molar-refractivity contribution in [3.8, 4) is 5.75 Å². The summed E-state index contributed by atoms with van der Waals surface area (Å²) in [5, 5.41) is 3.37. The van der Waals surface area contributed by atoms with E-state index in [2.05, 4.69) is 5.32 Å². The third-order valence-electron chi connectivity index (χ3n) is 5.16. The van der Waals surface area contributed by atoms with Gasteiger partial charge >= 0.3 is 0 Å². The number of hydrogen-bond acceptors (Lipinski definition) is 3. The van der Waals surface area contributed by atoms with Crippen molar-refractivity contribution in [2.24, 2.45) is 0 Å². The van der Waals surface area contributed by atoms with Crippen molar-refractivity contribution in [2.45, 2.75) is 38.9 Å². The highest BCUT2D eigenvalue weighted by molar-refractivity contribution is 6.30. The summed E-state index contributed by atoms with van der Waals surface area (Å²) < 4.78 is 20.2. The third-order valence-corrected chi connectivity index (χ3v) is 5.39. The molecule has 3 aromatic carbocycles. The smallest absolute Gasteiger partial charge is 0.261 e. The topological polar surface area (TPSA) is 58.6 Å². The quantitative estimate of drug-likeness (QED) is 0.441. The van der Waals surface area contributed by atoms with Crippen LogP contribution in [-0.4, -0.2) is 35.4 Å². The summed E-state index contributed by atoms with van der Waals surface area (Å²) in [5.74, 6) is -0.772. The molecule has 7 heteroatoms. The molecule has 0 aliphatic rings. The molecule has 0 bridgehead atoms. The van der Waals surface area contributed by atoms with Crippen molar-refractivity contribution in [3.63, 3.8) is 0 Å². The van der Waals surface area contributed by atoms with E-state index in [1.807, 2.05) is 44.2 Å². The fourth-order valence-electron chi connectivity index (χ4n) is 3.53. The zero-order valence-corrected chi connectivity index (χ0v) is 20.0. The van der Waals surface area contributed by atoms with Crippen LogP contribution in [0.5, 0.6) is 5.75 Å². The van der Waals surface area contributed by atoms with Crippen LogP contribution in [-0.2, 0) is 22.6 Å². The van der Waals surface area contributed by atoms with Crippen LogP contribution in [0.25, 0.3) is 0 Å². The Morgan fingerprint density at radius 1 is 1.00 bits per heavy atom. The average Bonchev–Trinajstić information content (AvgIpc) is 2.81. The summed E-state index contributed by atoms with van der Waals surface area (Å²) in [6.45, 7) is 3.30. The molecule has 3 rings (SSSR count). The summed E-state index contributed by atoms with van der Waals surface area (Å²) in [6.07, 6.45) is 0.275. The van der Waals surface area contributed by atoms with E-state index in [0.717, 1.165) is 5.56 Å². The van der Waals surface area contributed by atoms with Gasteiger partial charge in [-0.15, -0.1) is 0 Å². The lowest BCUT2D eigenvalue weighted by Crippen LogP contribution is -2.53. The lowest BCUT2D eigenvalue weighted by Gasteiger charge is -2.32. The fraction of sp³-hybridized carbons (Fsp3) is 0.259. The van der Waals surface area contributed by atoms with E-state index in [1.165, 1.54) is 11.0 Å². The van der Waals surface area contributed by atoms with Crippen LogP contribution in [0, 0.1) is 5.82 Å². The first-order valence-electron chi connectivity index (χ1n) is 11.1. The maximum absolute atomic E-state index is 14.5. The highest BCUT2D eigenvalue weighted by atomic mass is 35.5.